The normalized spacial score (nSPS) is 24.0. The van der Waals surface area contributed by atoms with Crippen molar-refractivity contribution in [2.75, 3.05) is 19.7 Å². The molecule has 0 spiro atoms. The highest BCUT2D eigenvalue weighted by Crippen LogP contribution is 2.23. The molecule has 0 aliphatic carbocycles. The first kappa shape index (κ1) is 38.5. The van der Waals surface area contributed by atoms with Crippen molar-refractivity contribution in [3.05, 3.63) is 82.7 Å². The van der Waals surface area contributed by atoms with Crippen LogP contribution in [-0.2, 0) is 36.8 Å². The van der Waals surface area contributed by atoms with Gasteiger partial charge >= 0.3 is 0 Å². The smallest absolute Gasteiger partial charge is 0.258 e. The van der Waals surface area contributed by atoms with Gasteiger partial charge in [-0.25, -0.2) is 0 Å². The van der Waals surface area contributed by atoms with Crippen LogP contribution in [0.15, 0.2) is 59.1 Å². The number of carbonyl (C=O) groups excluding carboxylic acids is 6. The zero-order valence-electron chi connectivity index (χ0n) is 30.0. The number of benzene rings is 2. The molecule has 4 heterocycles. The average Bonchev–Trinajstić information content (AvgIpc) is 3.71. The van der Waals surface area contributed by atoms with Crippen molar-refractivity contribution in [3.63, 3.8) is 0 Å². The van der Waals surface area contributed by atoms with Gasteiger partial charge in [0.15, 0.2) is 6.61 Å². The number of aliphatic hydroxyl groups excluding tert-OH is 1. The molecule has 6 rings (SSSR count). The van der Waals surface area contributed by atoms with Gasteiger partial charge in [-0.05, 0) is 63.8 Å². The van der Waals surface area contributed by atoms with Crippen molar-refractivity contribution in [1.82, 2.24) is 36.6 Å². The summed E-state index contributed by atoms with van der Waals surface area (Å²) in [5.74, 6) is -3.10. The zero-order valence-corrected chi connectivity index (χ0v) is 30.0. The fourth-order valence-corrected chi connectivity index (χ4v) is 6.39. The Morgan fingerprint density at radius 1 is 0.981 bits per heavy atom. The van der Waals surface area contributed by atoms with Gasteiger partial charge in [-0.15, -0.1) is 0 Å². The second-order valence-electron chi connectivity index (χ2n) is 13.4. The number of aryl methyl sites for hydroxylation is 2. The number of hydrogen-bond acceptors (Lipinski definition) is 10. The van der Waals surface area contributed by atoms with Crippen molar-refractivity contribution in [1.29, 1.82) is 0 Å². The maximum absolute atomic E-state index is 14.5. The van der Waals surface area contributed by atoms with Crippen LogP contribution in [0.3, 0.4) is 0 Å². The Hall–Kier alpha value is -5.77. The molecule has 53 heavy (non-hydrogen) atoms. The number of aromatic nitrogens is 1. The first-order valence-corrected chi connectivity index (χ1v) is 17.5. The number of amides is 6. The lowest BCUT2D eigenvalue weighted by molar-refractivity contribution is -0.143. The minimum Gasteiger partial charge on any atom is -0.484 e. The van der Waals surface area contributed by atoms with E-state index in [0.717, 1.165) is 11.1 Å². The van der Waals surface area contributed by atoms with Crippen LogP contribution in [0, 0.1) is 13.8 Å². The molecular formula is C37H45N7O9. The highest BCUT2D eigenvalue weighted by Gasteiger charge is 2.44. The third-order valence-electron chi connectivity index (χ3n) is 9.22. The molecule has 6 amide bonds. The van der Waals surface area contributed by atoms with E-state index in [9.17, 15) is 33.9 Å². The van der Waals surface area contributed by atoms with E-state index in [1.54, 1.807) is 62.4 Å². The summed E-state index contributed by atoms with van der Waals surface area (Å²) < 4.78 is 10.9. The summed E-state index contributed by atoms with van der Waals surface area (Å²) in [7, 11) is 0. The molecule has 16 nitrogen and oxygen atoms in total. The van der Waals surface area contributed by atoms with E-state index >= 15 is 0 Å². The molecule has 2 bridgehead atoms. The van der Waals surface area contributed by atoms with Crippen molar-refractivity contribution in [3.8, 4) is 5.75 Å². The van der Waals surface area contributed by atoms with Gasteiger partial charge in [0.1, 0.15) is 41.2 Å². The topological polar surface area (TPSA) is 221 Å². The SMILES string of the molecule is Cc1noc(C)c1C(=O)N[C@H]1C[C@H]2C(=O)N[C@@H]([C@@H](C)O)C(=O)N[C@@H](C)C(=O)NCCc3ccc(cc3)OCC(=O)N[C@@H](Cc3ccccc3)C(=O)N2C1. The largest absolute Gasteiger partial charge is 0.484 e. The minimum atomic E-state index is -1.50. The summed E-state index contributed by atoms with van der Waals surface area (Å²) in [6.45, 7) is 5.72. The molecule has 0 unspecified atom stereocenters. The minimum absolute atomic E-state index is 0.0647. The molecule has 6 atom stereocenters. The zero-order chi connectivity index (χ0) is 38.2. The highest BCUT2D eigenvalue weighted by atomic mass is 16.5. The summed E-state index contributed by atoms with van der Waals surface area (Å²) in [6, 6.07) is 10.3. The Labute approximate surface area is 306 Å². The molecule has 16 heteroatoms. The number of rotatable bonds is 5. The molecule has 0 saturated carbocycles. The van der Waals surface area contributed by atoms with Gasteiger partial charge in [-0.1, -0.05) is 47.6 Å². The number of hydrogen-bond donors (Lipinski definition) is 6. The lowest BCUT2D eigenvalue weighted by Gasteiger charge is -2.30. The fraction of sp³-hybridized carbons (Fsp3) is 0.432. The molecule has 1 aromatic heterocycles. The van der Waals surface area contributed by atoms with E-state index < -0.39 is 78.4 Å². The van der Waals surface area contributed by atoms with Gasteiger partial charge < -0.3 is 45.9 Å². The van der Waals surface area contributed by atoms with E-state index in [2.05, 4.69) is 31.7 Å². The summed E-state index contributed by atoms with van der Waals surface area (Å²) in [4.78, 5) is 82.5. The molecule has 3 aliphatic heterocycles. The monoisotopic (exact) mass is 731 g/mol. The first-order chi connectivity index (χ1) is 25.3. The molecule has 6 N–H and O–H groups in total. The van der Waals surface area contributed by atoms with Crippen molar-refractivity contribution < 1.29 is 43.1 Å². The fourth-order valence-electron chi connectivity index (χ4n) is 6.39. The summed E-state index contributed by atoms with van der Waals surface area (Å²) in [5, 5.41) is 27.9. The third kappa shape index (κ3) is 9.77. The summed E-state index contributed by atoms with van der Waals surface area (Å²) >= 11 is 0. The number of ether oxygens (including phenoxy) is 1. The Bertz CT molecular complexity index is 1790. The molecular weight excluding hydrogens is 686 g/mol. The maximum atomic E-state index is 14.5. The third-order valence-corrected chi connectivity index (χ3v) is 9.22. The molecule has 2 aromatic carbocycles. The number of fused-ring (bicyclic) bond motifs is 16. The predicted octanol–water partition coefficient (Wildman–Crippen LogP) is -0.160. The van der Waals surface area contributed by atoms with Gasteiger partial charge in [0.25, 0.3) is 11.8 Å². The van der Waals surface area contributed by atoms with Crippen LogP contribution in [0.25, 0.3) is 0 Å². The molecule has 0 radical (unpaired) electrons. The quantitative estimate of drug-likeness (QED) is 0.190. The number of carbonyl (C=O) groups is 6. The standard InChI is InChI=1S/C37H45N7O9/c1-20-31(23(4)53-43-20)35(49)40-26-17-29-34(48)42-32(22(3)45)36(50)39-21(2)33(47)38-15-14-24-10-12-27(13-11-24)52-19-30(46)41-28(37(51)44(29)18-26)16-25-8-6-5-7-9-25/h5-13,21-22,26,28-29,32,45H,14-19H2,1-4H3,(H,38,47)(H,39,50)(H,40,49)(H,41,46)(H,42,48)/t21-,22+,26-,28-,29-,32-/m0/s1. The van der Waals surface area contributed by atoms with Crippen LogP contribution in [0.4, 0.5) is 0 Å². The number of nitrogens with one attached hydrogen (secondary N) is 5. The maximum Gasteiger partial charge on any atom is 0.258 e. The van der Waals surface area contributed by atoms with Crippen LogP contribution in [0.5, 0.6) is 5.75 Å². The van der Waals surface area contributed by atoms with E-state index in [1.807, 2.05) is 6.07 Å². The first-order valence-electron chi connectivity index (χ1n) is 17.5. The van der Waals surface area contributed by atoms with E-state index in [1.165, 1.54) is 18.7 Å². The molecule has 1 saturated heterocycles. The Morgan fingerprint density at radius 2 is 1.70 bits per heavy atom. The van der Waals surface area contributed by atoms with Gasteiger partial charge in [0.05, 0.1) is 11.8 Å². The van der Waals surface area contributed by atoms with Crippen molar-refractivity contribution in [2.24, 2.45) is 0 Å². The van der Waals surface area contributed by atoms with Crippen molar-refractivity contribution in [2.45, 2.75) is 83.3 Å². The number of aliphatic hydroxyl groups is 1. The predicted molar refractivity (Wildman–Crippen MR) is 189 cm³/mol. The Morgan fingerprint density at radius 3 is 2.36 bits per heavy atom. The van der Waals surface area contributed by atoms with Gasteiger partial charge in [-0.2, -0.15) is 0 Å². The average molecular weight is 732 g/mol. The number of nitrogens with zero attached hydrogens (tertiary/aromatic N) is 2. The van der Waals surface area contributed by atoms with Crippen LogP contribution >= 0.6 is 0 Å². The van der Waals surface area contributed by atoms with E-state index in [4.69, 9.17) is 9.26 Å². The van der Waals surface area contributed by atoms with Crippen LogP contribution in [-0.4, -0.2) is 107 Å². The van der Waals surface area contributed by atoms with E-state index in [-0.39, 0.29) is 31.5 Å². The second kappa shape index (κ2) is 17.2. The van der Waals surface area contributed by atoms with Gasteiger partial charge in [0.2, 0.25) is 23.6 Å². The van der Waals surface area contributed by atoms with Crippen molar-refractivity contribution >= 4 is 35.4 Å². The lowest BCUT2D eigenvalue weighted by Crippen LogP contribution is -2.60. The second-order valence-corrected chi connectivity index (χ2v) is 13.4. The lowest BCUT2D eigenvalue weighted by atomic mass is 10.0. The summed E-state index contributed by atoms with van der Waals surface area (Å²) in [5.41, 5.74) is 2.20. The Kier molecular flexibility index (Phi) is 12.5. The molecule has 3 aliphatic rings. The molecule has 1 fully saturated rings. The highest BCUT2D eigenvalue weighted by molar-refractivity contribution is 5.98. The van der Waals surface area contributed by atoms with Crippen LogP contribution in [0.2, 0.25) is 0 Å². The molecule has 3 aromatic rings. The van der Waals surface area contributed by atoms with Gasteiger partial charge in [-0.3, -0.25) is 28.8 Å². The molecule has 282 valence electrons. The Balaban J connectivity index is 1.47. The van der Waals surface area contributed by atoms with Crippen LogP contribution < -0.4 is 31.3 Å². The van der Waals surface area contributed by atoms with Gasteiger partial charge in [0, 0.05) is 25.6 Å². The van der Waals surface area contributed by atoms with Crippen LogP contribution in [0.1, 0.15) is 53.2 Å². The summed E-state index contributed by atoms with van der Waals surface area (Å²) in [6.07, 6.45) is -0.918. The van der Waals surface area contributed by atoms with E-state index in [0.29, 0.717) is 23.6 Å².